The molecule has 0 radical (unpaired) electrons. The SMILES string of the molecule is CNC(=O)NC(=O)[C@H](C)OC(=O)c1cccc(OCc2c(C)noc2C)c1. The number of carbonyl (C=O) groups is 3. The van der Waals surface area contributed by atoms with Gasteiger partial charge in [0.15, 0.2) is 6.10 Å². The molecule has 0 bridgehead atoms. The van der Waals surface area contributed by atoms with Crippen LogP contribution in [0, 0.1) is 13.8 Å². The van der Waals surface area contributed by atoms with Gasteiger partial charge in [0.2, 0.25) is 0 Å². The van der Waals surface area contributed by atoms with Crippen molar-refractivity contribution in [3.63, 3.8) is 0 Å². The van der Waals surface area contributed by atoms with Gasteiger partial charge in [0.1, 0.15) is 18.1 Å². The molecule has 0 fully saturated rings. The fourth-order valence-electron chi connectivity index (χ4n) is 2.13. The third kappa shape index (κ3) is 5.30. The van der Waals surface area contributed by atoms with Crippen molar-refractivity contribution < 1.29 is 28.4 Å². The molecule has 2 rings (SSSR count). The molecule has 3 amide bonds. The van der Waals surface area contributed by atoms with Gasteiger partial charge in [-0.2, -0.15) is 0 Å². The average molecular weight is 375 g/mol. The molecule has 0 saturated carbocycles. The Kier molecular flexibility index (Phi) is 6.53. The van der Waals surface area contributed by atoms with E-state index >= 15 is 0 Å². The minimum atomic E-state index is -1.14. The number of benzene rings is 1. The number of rotatable bonds is 6. The van der Waals surface area contributed by atoms with Gasteiger partial charge in [0, 0.05) is 7.05 Å². The van der Waals surface area contributed by atoms with E-state index in [1.54, 1.807) is 19.1 Å². The van der Waals surface area contributed by atoms with Crippen LogP contribution >= 0.6 is 0 Å². The van der Waals surface area contributed by atoms with Gasteiger partial charge in [0.25, 0.3) is 5.91 Å². The molecule has 1 heterocycles. The average Bonchev–Trinajstić information content (AvgIpc) is 2.97. The molecule has 0 aliphatic rings. The molecule has 144 valence electrons. The maximum Gasteiger partial charge on any atom is 0.339 e. The Balaban J connectivity index is 1.98. The molecule has 1 aromatic carbocycles. The van der Waals surface area contributed by atoms with E-state index in [9.17, 15) is 14.4 Å². The zero-order valence-electron chi connectivity index (χ0n) is 15.5. The Labute approximate surface area is 156 Å². The van der Waals surface area contributed by atoms with Gasteiger partial charge in [-0.05, 0) is 39.0 Å². The minimum absolute atomic E-state index is 0.214. The second-order valence-corrected chi connectivity index (χ2v) is 5.74. The molecule has 0 unspecified atom stereocenters. The smallest absolute Gasteiger partial charge is 0.339 e. The Morgan fingerprint density at radius 3 is 2.63 bits per heavy atom. The Morgan fingerprint density at radius 2 is 2.00 bits per heavy atom. The van der Waals surface area contributed by atoms with E-state index in [0.717, 1.165) is 11.3 Å². The van der Waals surface area contributed by atoms with E-state index in [4.69, 9.17) is 14.0 Å². The van der Waals surface area contributed by atoms with Gasteiger partial charge in [-0.25, -0.2) is 9.59 Å². The lowest BCUT2D eigenvalue weighted by Gasteiger charge is -2.13. The lowest BCUT2D eigenvalue weighted by atomic mass is 10.2. The zero-order chi connectivity index (χ0) is 20.0. The Bertz CT molecular complexity index is 826. The second-order valence-electron chi connectivity index (χ2n) is 5.74. The standard InChI is InChI=1S/C18H21N3O6/c1-10-15(11(2)27-21-10)9-25-14-7-5-6-13(8-14)17(23)26-12(3)16(22)20-18(24)19-4/h5-8,12H,9H2,1-4H3,(H2,19,20,22,24)/t12-/m0/s1. The van der Waals surface area contributed by atoms with Crippen LogP contribution in [0.1, 0.15) is 34.3 Å². The molecule has 1 atom stereocenters. The maximum atomic E-state index is 12.2. The van der Waals surface area contributed by atoms with Crippen molar-refractivity contribution in [2.24, 2.45) is 0 Å². The topological polar surface area (TPSA) is 120 Å². The molecular formula is C18H21N3O6. The first kappa shape index (κ1) is 20.0. The molecule has 2 N–H and O–H groups in total. The van der Waals surface area contributed by atoms with Crippen LogP contribution in [0.4, 0.5) is 4.79 Å². The van der Waals surface area contributed by atoms with Crippen LogP contribution in [0.25, 0.3) is 0 Å². The summed E-state index contributed by atoms with van der Waals surface area (Å²) in [5, 5.41) is 8.13. The molecular weight excluding hydrogens is 354 g/mol. The lowest BCUT2D eigenvalue weighted by molar-refractivity contribution is -0.127. The van der Waals surface area contributed by atoms with Crippen LogP contribution in [-0.4, -0.2) is 36.2 Å². The summed E-state index contributed by atoms with van der Waals surface area (Å²) in [7, 11) is 1.37. The number of nitrogens with one attached hydrogen (secondary N) is 2. The number of hydrogen-bond donors (Lipinski definition) is 2. The van der Waals surface area contributed by atoms with Crippen LogP contribution in [0.3, 0.4) is 0 Å². The number of aromatic nitrogens is 1. The normalized spacial score (nSPS) is 11.4. The van der Waals surface area contributed by atoms with Crippen molar-refractivity contribution in [3.05, 3.63) is 46.8 Å². The molecule has 0 aliphatic carbocycles. The third-order valence-electron chi connectivity index (χ3n) is 3.75. The highest BCUT2D eigenvalue weighted by Crippen LogP contribution is 2.19. The van der Waals surface area contributed by atoms with E-state index in [-0.39, 0.29) is 12.2 Å². The summed E-state index contributed by atoms with van der Waals surface area (Å²) in [6.45, 7) is 5.21. The number of amides is 3. The summed E-state index contributed by atoms with van der Waals surface area (Å²) in [5.74, 6) is -0.322. The van der Waals surface area contributed by atoms with Gasteiger partial charge in [-0.15, -0.1) is 0 Å². The van der Waals surface area contributed by atoms with Crippen LogP contribution in [-0.2, 0) is 16.1 Å². The Hall–Kier alpha value is -3.36. The van der Waals surface area contributed by atoms with Gasteiger partial charge in [-0.1, -0.05) is 11.2 Å². The van der Waals surface area contributed by atoms with Gasteiger partial charge >= 0.3 is 12.0 Å². The molecule has 1 aromatic heterocycles. The third-order valence-corrected chi connectivity index (χ3v) is 3.75. The van der Waals surface area contributed by atoms with E-state index in [0.29, 0.717) is 11.5 Å². The van der Waals surface area contributed by atoms with E-state index in [1.165, 1.54) is 26.1 Å². The fourth-order valence-corrected chi connectivity index (χ4v) is 2.13. The summed E-state index contributed by atoms with van der Waals surface area (Å²) >= 11 is 0. The largest absolute Gasteiger partial charge is 0.489 e. The first-order valence-corrected chi connectivity index (χ1v) is 8.20. The van der Waals surface area contributed by atoms with E-state index in [2.05, 4.69) is 10.5 Å². The van der Waals surface area contributed by atoms with Crippen molar-refractivity contribution in [1.29, 1.82) is 0 Å². The molecule has 27 heavy (non-hydrogen) atoms. The summed E-state index contributed by atoms with van der Waals surface area (Å²) in [6, 6.07) is 5.68. The van der Waals surface area contributed by atoms with Crippen molar-refractivity contribution in [2.75, 3.05) is 7.05 Å². The minimum Gasteiger partial charge on any atom is -0.489 e. The number of nitrogens with zero attached hydrogens (tertiary/aromatic N) is 1. The van der Waals surface area contributed by atoms with E-state index in [1.807, 2.05) is 12.2 Å². The number of ether oxygens (including phenoxy) is 2. The van der Waals surface area contributed by atoms with Crippen molar-refractivity contribution in [2.45, 2.75) is 33.5 Å². The van der Waals surface area contributed by atoms with Gasteiger partial charge < -0.3 is 19.3 Å². The molecule has 9 nitrogen and oxygen atoms in total. The number of imide groups is 1. The summed E-state index contributed by atoms with van der Waals surface area (Å²) in [5.41, 5.74) is 1.78. The summed E-state index contributed by atoms with van der Waals surface area (Å²) in [4.78, 5) is 35.1. The van der Waals surface area contributed by atoms with Gasteiger partial charge in [-0.3, -0.25) is 10.1 Å². The van der Waals surface area contributed by atoms with Crippen LogP contribution in [0.2, 0.25) is 0 Å². The lowest BCUT2D eigenvalue weighted by Crippen LogP contribution is -2.43. The van der Waals surface area contributed by atoms with Crippen molar-refractivity contribution >= 4 is 17.9 Å². The maximum absolute atomic E-state index is 12.2. The zero-order valence-corrected chi connectivity index (χ0v) is 15.5. The fraction of sp³-hybridized carbons (Fsp3) is 0.333. The number of hydrogen-bond acceptors (Lipinski definition) is 7. The highest BCUT2D eigenvalue weighted by Gasteiger charge is 2.20. The first-order valence-electron chi connectivity index (χ1n) is 8.20. The van der Waals surface area contributed by atoms with Crippen molar-refractivity contribution in [3.8, 4) is 5.75 Å². The molecule has 0 spiro atoms. The van der Waals surface area contributed by atoms with Crippen LogP contribution in [0.5, 0.6) is 5.75 Å². The van der Waals surface area contributed by atoms with Crippen molar-refractivity contribution in [1.82, 2.24) is 15.8 Å². The molecule has 2 aromatic rings. The predicted molar refractivity (Wildman–Crippen MR) is 94.2 cm³/mol. The molecule has 0 saturated heterocycles. The van der Waals surface area contributed by atoms with E-state index < -0.39 is 24.0 Å². The predicted octanol–water partition coefficient (Wildman–Crippen LogP) is 1.87. The highest BCUT2D eigenvalue weighted by atomic mass is 16.5. The second kappa shape index (κ2) is 8.84. The van der Waals surface area contributed by atoms with Crippen LogP contribution < -0.4 is 15.4 Å². The summed E-state index contributed by atoms with van der Waals surface area (Å²) < 4.78 is 15.8. The monoisotopic (exact) mass is 375 g/mol. The van der Waals surface area contributed by atoms with Crippen LogP contribution in [0.15, 0.2) is 28.8 Å². The number of urea groups is 1. The number of carbonyl (C=O) groups excluding carboxylic acids is 3. The van der Waals surface area contributed by atoms with Gasteiger partial charge in [0.05, 0.1) is 16.8 Å². The molecule has 9 heteroatoms. The number of esters is 1. The first-order chi connectivity index (χ1) is 12.8. The summed E-state index contributed by atoms with van der Waals surface area (Å²) in [6.07, 6.45) is -1.14. The Morgan fingerprint density at radius 1 is 1.26 bits per heavy atom. The highest BCUT2D eigenvalue weighted by molar-refractivity contribution is 5.98. The quantitative estimate of drug-likeness (QED) is 0.740. The molecule has 0 aliphatic heterocycles. The number of aryl methyl sites for hydroxylation is 2.